The Morgan fingerprint density at radius 3 is 2.35 bits per heavy atom. The lowest BCUT2D eigenvalue weighted by Gasteiger charge is -2.28. The van der Waals surface area contributed by atoms with Gasteiger partial charge in [-0.3, -0.25) is 0 Å². The number of rotatable bonds is 4. The van der Waals surface area contributed by atoms with Crippen LogP contribution in [0.5, 0.6) is 0 Å². The molecule has 1 aromatic rings. The van der Waals surface area contributed by atoms with E-state index in [4.69, 9.17) is 5.11 Å². The molecule has 2 amide bonds. The fourth-order valence-corrected chi connectivity index (χ4v) is 1.61. The molecular formula is C14H19FN2O3. The van der Waals surface area contributed by atoms with Crippen LogP contribution in [0.25, 0.3) is 0 Å². The van der Waals surface area contributed by atoms with Crippen molar-refractivity contribution in [3.05, 3.63) is 29.6 Å². The van der Waals surface area contributed by atoms with E-state index in [0.29, 0.717) is 0 Å². The third-order valence-corrected chi connectivity index (χ3v) is 3.35. The molecule has 0 spiro atoms. The molecule has 20 heavy (non-hydrogen) atoms. The maximum Gasteiger partial charge on any atom is 0.338 e. The first kappa shape index (κ1) is 15.9. The molecule has 2 N–H and O–H groups in total. The van der Waals surface area contributed by atoms with Crippen molar-refractivity contribution in [1.82, 2.24) is 4.90 Å². The molecule has 0 heterocycles. The van der Waals surface area contributed by atoms with Crippen LogP contribution in [0.4, 0.5) is 14.9 Å². The zero-order valence-corrected chi connectivity index (χ0v) is 12.0. The van der Waals surface area contributed by atoms with Crippen LogP contribution < -0.4 is 5.32 Å². The maximum absolute atomic E-state index is 13.5. The van der Waals surface area contributed by atoms with Crippen molar-refractivity contribution in [2.45, 2.75) is 26.8 Å². The number of nitrogens with zero attached hydrogens (tertiary/aromatic N) is 1. The summed E-state index contributed by atoms with van der Waals surface area (Å²) < 4.78 is 13.5. The summed E-state index contributed by atoms with van der Waals surface area (Å²) in [6, 6.07) is 3.14. The Labute approximate surface area is 117 Å². The highest BCUT2D eigenvalue weighted by molar-refractivity contribution is 5.91. The highest BCUT2D eigenvalue weighted by Crippen LogP contribution is 2.16. The SMILES string of the molecule is CC(C)C(C)N(C)C(=O)Nc1ccc(C(=O)O)c(F)c1. The molecule has 0 fully saturated rings. The predicted molar refractivity (Wildman–Crippen MR) is 74.4 cm³/mol. The van der Waals surface area contributed by atoms with E-state index in [-0.39, 0.29) is 23.7 Å². The Bertz CT molecular complexity index is 517. The molecule has 0 saturated carbocycles. The largest absolute Gasteiger partial charge is 0.478 e. The lowest BCUT2D eigenvalue weighted by Crippen LogP contribution is -2.40. The van der Waals surface area contributed by atoms with E-state index in [2.05, 4.69) is 5.32 Å². The third kappa shape index (κ3) is 3.69. The second-order valence-electron chi connectivity index (χ2n) is 5.03. The van der Waals surface area contributed by atoms with Gasteiger partial charge in [-0.1, -0.05) is 13.8 Å². The van der Waals surface area contributed by atoms with Crippen molar-refractivity contribution < 1.29 is 19.1 Å². The van der Waals surface area contributed by atoms with E-state index in [1.54, 1.807) is 7.05 Å². The molecule has 0 bridgehead atoms. The molecule has 1 aromatic carbocycles. The average Bonchev–Trinajstić information content (AvgIpc) is 2.36. The smallest absolute Gasteiger partial charge is 0.338 e. The van der Waals surface area contributed by atoms with Crippen molar-refractivity contribution in [1.29, 1.82) is 0 Å². The Hall–Kier alpha value is -2.11. The van der Waals surface area contributed by atoms with Gasteiger partial charge in [0.25, 0.3) is 0 Å². The summed E-state index contributed by atoms with van der Waals surface area (Å²) in [6.07, 6.45) is 0. The van der Waals surface area contributed by atoms with Crippen molar-refractivity contribution >= 4 is 17.7 Å². The second-order valence-corrected chi connectivity index (χ2v) is 5.03. The summed E-state index contributed by atoms with van der Waals surface area (Å²) in [5, 5.41) is 11.3. The van der Waals surface area contributed by atoms with Crippen LogP contribution in [0, 0.1) is 11.7 Å². The number of carboxylic acid groups (broad SMARTS) is 1. The predicted octanol–water partition coefficient (Wildman–Crippen LogP) is 3.03. The monoisotopic (exact) mass is 282 g/mol. The minimum atomic E-state index is -1.34. The number of hydrogen-bond acceptors (Lipinski definition) is 2. The first-order chi connectivity index (χ1) is 9.23. The summed E-state index contributed by atoms with van der Waals surface area (Å²) in [5.74, 6) is -1.93. The van der Waals surface area contributed by atoms with Crippen molar-refractivity contribution in [2.75, 3.05) is 12.4 Å². The molecule has 1 unspecified atom stereocenters. The number of nitrogens with one attached hydrogen (secondary N) is 1. The first-order valence-corrected chi connectivity index (χ1v) is 6.30. The number of carbonyl (C=O) groups is 2. The maximum atomic E-state index is 13.5. The van der Waals surface area contributed by atoms with E-state index in [9.17, 15) is 14.0 Å². The van der Waals surface area contributed by atoms with Gasteiger partial charge >= 0.3 is 12.0 Å². The molecular weight excluding hydrogens is 263 g/mol. The average molecular weight is 282 g/mol. The zero-order valence-electron chi connectivity index (χ0n) is 12.0. The van der Waals surface area contributed by atoms with Crippen molar-refractivity contribution in [3.8, 4) is 0 Å². The zero-order chi connectivity index (χ0) is 15.4. The summed E-state index contributed by atoms with van der Waals surface area (Å²) >= 11 is 0. The van der Waals surface area contributed by atoms with Gasteiger partial charge < -0.3 is 15.3 Å². The number of amides is 2. The van der Waals surface area contributed by atoms with Crippen LogP contribution in [-0.4, -0.2) is 35.1 Å². The topological polar surface area (TPSA) is 69.6 Å². The Kier molecular flexibility index (Phi) is 5.07. The molecule has 110 valence electrons. The van der Waals surface area contributed by atoms with Gasteiger partial charge in [0.05, 0.1) is 5.56 Å². The van der Waals surface area contributed by atoms with E-state index in [0.717, 1.165) is 12.1 Å². The lowest BCUT2D eigenvalue weighted by molar-refractivity contribution is 0.0692. The van der Waals surface area contributed by atoms with Crippen molar-refractivity contribution in [2.24, 2.45) is 5.92 Å². The lowest BCUT2D eigenvalue weighted by atomic mass is 10.1. The number of carboxylic acids is 1. The van der Waals surface area contributed by atoms with E-state index in [1.165, 1.54) is 11.0 Å². The number of benzene rings is 1. The Morgan fingerprint density at radius 1 is 1.30 bits per heavy atom. The Morgan fingerprint density at radius 2 is 1.90 bits per heavy atom. The van der Waals surface area contributed by atoms with Crippen LogP contribution in [0.1, 0.15) is 31.1 Å². The summed E-state index contributed by atoms with van der Waals surface area (Å²) in [5.41, 5.74) is -0.202. The van der Waals surface area contributed by atoms with Gasteiger partial charge in [0.15, 0.2) is 0 Å². The number of halogens is 1. The van der Waals surface area contributed by atoms with Gasteiger partial charge in [-0.05, 0) is 31.0 Å². The molecule has 0 aromatic heterocycles. The first-order valence-electron chi connectivity index (χ1n) is 6.30. The molecule has 5 nitrogen and oxygen atoms in total. The fourth-order valence-electron chi connectivity index (χ4n) is 1.61. The number of urea groups is 1. The summed E-state index contributed by atoms with van der Waals surface area (Å²) in [4.78, 5) is 24.2. The molecule has 0 radical (unpaired) electrons. The summed E-state index contributed by atoms with van der Waals surface area (Å²) in [7, 11) is 1.65. The van der Waals surface area contributed by atoms with E-state index >= 15 is 0 Å². The van der Waals surface area contributed by atoms with Gasteiger partial charge in [-0.2, -0.15) is 0 Å². The number of hydrogen-bond donors (Lipinski definition) is 2. The van der Waals surface area contributed by atoms with Crippen LogP contribution in [-0.2, 0) is 0 Å². The van der Waals surface area contributed by atoms with Crippen molar-refractivity contribution in [3.63, 3.8) is 0 Å². The quantitative estimate of drug-likeness (QED) is 0.891. The minimum absolute atomic E-state index is 0.0261. The number of aromatic carboxylic acids is 1. The molecule has 6 heteroatoms. The molecule has 0 aliphatic carbocycles. The molecule has 1 rings (SSSR count). The molecule has 0 aliphatic rings. The minimum Gasteiger partial charge on any atom is -0.478 e. The van der Waals surface area contributed by atoms with Gasteiger partial charge in [-0.15, -0.1) is 0 Å². The number of carbonyl (C=O) groups excluding carboxylic acids is 1. The Balaban J connectivity index is 2.81. The molecule has 0 aliphatic heterocycles. The molecule has 1 atom stereocenters. The van der Waals surface area contributed by atoms with Gasteiger partial charge in [0.1, 0.15) is 5.82 Å². The van der Waals surface area contributed by atoms with E-state index < -0.39 is 17.3 Å². The summed E-state index contributed by atoms with van der Waals surface area (Å²) in [6.45, 7) is 5.91. The van der Waals surface area contributed by atoms with Crippen LogP contribution in [0.2, 0.25) is 0 Å². The standard InChI is InChI=1S/C14H19FN2O3/c1-8(2)9(3)17(4)14(20)16-10-5-6-11(13(18)19)12(15)7-10/h5-9H,1-4H3,(H,16,20)(H,18,19). The van der Waals surface area contributed by atoms with Gasteiger partial charge in [-0.25, -0.2) is 14.0 Å². The second kappa shape index (κ2) is 6.36. The normalized spacial score (nSPS) is 12.1. The van der Waals surface area contributed by atoms with E-state index in [1.807, 2.05) is 20.8 Å². The highest BCUT2D eigenvalue weighted by Gasteiger charge is 2.19. The van der Waals surface area contributed by atoms with Crippen LogP contribution >= 0.6 is 0 Å². The number of anilines is 1. The van der Waals surface area contributed by atoms with Crippen LogP contribution in [0.15, 0.2) is 18.2 Å². The highest BCUT2D eigenvalue weighted by atomic mass is 19.1. The van der Waals surface area contributed by atoms with Crippen LogP contribution in [0.3, 0.4) is 0 Å². The fraction of sp³-hybridized carbons (Fsp3) is 0.429. The van der Waals surface area contributed by atoms with Gasteiger partial charge in [0.2, 0.25) is 0 Å². The molecule has 0 saturated heterocycles. The van der Waals surface area contributed by atoms with Gasteiger partial charge in [0, 0.05) is 18.8 Å². The third-order valence-electron chi connectivity index (χ3n) is 3.35.